The van der Waals surface area contributed by atoms with E-state index < -0.39 is 12.4 Å². The average molecular weight is 457 g/mol. The van der Waals surface area contributed by atoms with Crippen LogP contribution < -0.4 is 0 Å². The maximum atomic E-state index is 10.7. The molecular weight excluding hydrogens is 412 g/mol. The minimum absolute atomic E-state index is 0.113. The Morgan fingerprint density at radius 2 is 1.94 bits per heavy atom. The second kappa shape index (κ2) is 15.2. The zero-order chi connectivity index (χ0) is 24.1. The Bertz CT molecular complexity index is 754. The van der Waals surface area contributed by atoms with Crippen LogP contribution in [0.1, 0.15) is 72.1 Å². The third kappa shape index (κ3) is 9.58. The van der Waals surface area contributed by atoms with Crippen molar-refractivity contribution in [2.24, 2.45) is 11.8 Å². The molecule has 2 rings (SSSR count). The normalized spacial score (nSPS) is 22.6. The van der Waals surface area contributed by atoms with Crippen LogP contribution in [0.4, 0.5) is 0 Å². The highest BCUT2D eigenvalue weighted by Crippen LogP contribution is 2.32. The van der Waals surface area contributed by atoms with Gasteiger partial charge in [0.15, 0.2) is 6.29 Å². The zero-order valence-electron chi connectivity index (χ0n) is 20.7. The first-order chi connectivity index (χ1) is 16.0. The molecule has 0 saturated heterocycles. The highest BCUT2D eigenvalue weighted by atomic mass is 16.5. The molecule has 0 saturated carbocycles. The molecule has 0 bridgehead atoms. The summed E-state index contributed by atoms with van der Waals surface area (Å²) in [5.41, 5.74) is 3.06. The lowest BCUT2D eigenvalue weighted by atomic mass is 9.81. The van der Waals surface area contributed by atoms with Crippen molar-refractivity contribution in [1.82, 2.24) is 0 Å². The molecule has 3 unspecified atom stereocenters. The predicted molar refractivity (Wildman–Crippen MR) is 137 cm³/mol. The van der Waals surface area contributed by atoms with E-state index in [0.29, 0.717) is 30.9 Å². The van der Waals surface area contributed by atoms with Crippen molar-refractivity contribution in [1.29, 1.82) is 0 Å². The maximum absolute atomic E-state index is 10.7. The van der Waals surface area contributed by atoms with Crippen LogP contribution in [0.15, 0.2) is 71.4 Å². The smallest absolute Gasteiger partial charge is 0.175 e. The van der Waals surface area contributed by atoms with Crippen molar-refractivity contribution >= 4 is 0 Å². The third-order valence-electron chi connectivity index (χ3n) is 6.78. The summed E-state index contributed by atoms with van der Waals surface area (Å²) in [7, 11) is 0. The fraction of sp³-hybridized carbons (Fsp3) is 0.586. The first-order valence-corrected chi connectivity index (χ1v) is 12.6. The van der Waals surface area contributed by atoms with Gasteiger partial charge in [0.1, 0.15) is 0 Å². The minimum Gasteiger partial charge on any atom is -0.390 e. The molecular formula is C29H44O4. The van der Waals surface area contributed by atoms with Gasteiger partial charge in [-0.25, -0.2) is 0 Å². The van der Waals surface area contributed by atoms with Gasteiger partial charge in [-0.3, -0.25) is 0 Å². The van der Waals surface area contributed by atoms with E-state index in [2.05, 4.69) is 38.2 Å². The molecule has 0 fully saturated rings. The second-order valence-electron chi connectivity index (χ2n) is 9.26. The van der Waals surface area contributed by atoms with E-state index in [1.54, 1.807) is 5.57 Å². The van der Waals surface area contributed by atoms with Crippen LogP contribution in [0.2, 0.25) is 0 Å². The molecule has 0 radical (unpaired) electrons. The van der Waals surface area contributed by atoms with E-state index in [0.717, 1.165) is 37.7 Å². The fourth-order valence-corrected chi connectivity index (χ4v) is 4.62. The molecule has 4 atom stereocenters. The summed E-state index contributed by atoms with van der Waals surface area (Å²) in [6, 6.07) is 0. The molecule has 0 heterocycles. The lowest BCUT2D eigenvalue weighted by Gasteiger charge is -2.29. The standard InChI is InChI=1S/C29H44O4/c1-4-6-7-12-22(3)23-17-19-25(20-18-23)28(30)21-33-26(11-5-2)15-10-14-24-13-8-9-16-27(24)29(31)32/h4-6,8,10-11,13-14,17,22,25-26,28-32H,7,9,12,15-16,18-21H2,1-3H3/b6-4-,11-5+,14-10+/t22?,25-,26?,28?/m1/s1. The summed E-state index contributed by atoms with van der Waals surface area (Å²) in [5.74, 6) is 0.868. The first kappa shape index (κ1) is 27.5. The lowest BCUT2D eigenvalue weighted by Crippen LogP contribution is -2.29. The van der Waals surface area contributed by atoms with Crippen LogP contribution in [-0.2, 0) is 4.74 Å². The Labute approximate surface area is 200 Å². The largest absolute Gasteiger partial charge is 0.390 e. The molecule has 0 amide bonds. The Balaban J connectivity index is 1.83. The molecule has 0 spiro atoms. The molecule has 0 aromatic heterocycles. The van der Waals surface area contributed by atoms with Gasteiger partial charge in [-0.15, -0.1) is 0 Å². The Morgan fingerprint density at radius 3 is 2.61 bits per heavy atom. The summed E-state index contributed by atoms with van der Waals surface area (Å²) in [6.45, 7) is 6.68. The summed E-state index contributed by atoms with van der Waals surface area (Å²) < 4.78 is 6.05. The molecule has 3 N–H and O–H groups in total. The van der Waals surface area contributed by atoms with Gasteiger partial charge in [0, 0.05) is 0 Å². The summed E-state index contributed by atoms with van der Waals surface area (Å²) in [5, 5.41) is 29.9. The fourth-order valence-electron chi connectivity index (χ4n) is 4.62. The summed E-state index contributed by atoms with van der Waals surface area (Å²) in [6.07, 6.45) is 24.1. The topological polar surface area (TPSA) is 69.9 Å². The number of aliphatic hydroxyl groups excluding tert-OH is 2. The van der Waals surface area contributed by atoms with Crippen LogP contribution >= 0.6 is 0 Å². The van der Waals surface area contributed by atoms with E-state index in [1.807, 2.05) is 37.3 Å². The van der Waals surface area contributed by atoms with Gasteiger partial charge >= 0.3 is 0 Å². The molecule has 0 aromatic rings. The molecule has 184 valence electrons. The van der Waals surface area contributed by atoms with Crippen LogP contribution in [0, 0.1) is 11.8 Å². The Hall–Kier alpha value is -1.72. The number of aliphatic hydroxyl groups is 3. The molecule has 2 aliphatic carbocycles. The van der Waals surface area contributed by atoms with E-state index in [1.165, 1.54) is 6.42 Å². The van der Waals surface area contributed by atoms with Crippen LogP contribution in [0.25, 0.3) is 0 Å². The number of allylic oxidation sites excluding steroid dienone is 9. The van der Waals surface area contributed by atoms with Crippen LogP contribution in [0.5, 0.6) is 0 Å². The number of hydrogen-bond acceptors (Lipinski definition) is 4. The van der Waals surface area contributed by atoms with Gasteiger partial charge in [-0.1, -0.05) is 67.2 Å². The third-order valence-corrected chi connectivity index (χ3v) is 6.78. The van der Waals surface area contributed by atoms with Crippen molar-refractivity contribution in [3.05, 3.63) is 71.4 Å². The molecule has 2 aliphatic rings. The second-order valence-corrected chi connectivity index (χ2v) is 9.26. The first-order valence-electron chi connectivity index (χ1n) is 12.6. The molecule has 4 heteroatoms. The van der Waals surface area contributed by atoms with Gasteiger partial charge in [0.25, 0.3) is 0 Å². The van der Waals surface area contributed by atoms with E-state index >= 15 is 0 Å². The van der Waals surface area contributed by atoms with Gasteiger partial charge < -0.3 is 20.1 Å². The SMILES string of the molecule is C/C=C\CCC(C)C1=CC[C@@H](C(O)COC(/C=C/C)C/C=C/C2=C(C(O)O)CCC=C2)CC1. The van der Waals surface area contributed by atoms with Crippen molar-refractivity contribution in [3.63, 3.8) is 0 Å². The maximum Gasteiger partial charge on any atom is 0.175 e. The molecule has 0 aliphatic heterocycles. The van der Waals surface area contributed by atoms with E-state index in [4.69, 9.17) is 4.74 Å². The number of ether oxygens (including phenoxy) is 1. The lowest BCUT2D eigenvalue weighted by molar-refractivity contribution is -0.0176. The van der Waals surface area contributed by atoms with Crippen molar-refractivity contribution < 1.29 is 20.1 Å². The summed E-state index contributed by atoms with van der Waals surface area (Å²) in [4.78, 5) is 0. The van der Waals surface area contributed by atoms with Gasteiger partial charge in [-0.05, 0) is 88.2 Å². The predicted octanol–water partition coefficient (Wildman–Crippen LogP) is 5.93. The van der Waals surface area contributed by atoms with Crippen molar-refractivity contribution in [2.75, 3.05) is 6.61 Å². The van der Waals surface area contributed by atoms with Gasteiger partial charge in [-0.2, -0.15) is 0 Å². The van der Waals surface area contributed by atoms with E-state index in [-0.39, 0.29) is 12.0 Å². The zero-order valence-corrected chi connectivity index (χ0v) is 20.7. The number of rotatable bonds is 13. The Morgan fingerprint density at radius 1 is 1.12 bits per heavy atom. The van der Waals surface area contributed by atoms with Crippen LogP contribution in [-0.4, -0.2) is 40.4 Å². The molecule has 0 aromatic carbocycles. The van der Waals surface area contributed by atoms with Crippen molar-refractivity contribution in [2.45, 2.75) is 90.6 Å². The average Bonchev–Trinajstić information content (AvgIpc) is 2.82. The van der Waals surface area contributed by atoms with Crippen molar-refractivity contribution in [3.8, 4) is 0 Å². The monoisotopic (exact) mass is 456 g/mol. The Kier molecular flexibility index (Phi) is 12.7. The molecule has 4 nitrogen and oxygen atoms in total. The van der Waals surface area contributed by atoms with Crippen LogP contribution in [0.3, 0.4) is 0 Å². The van der Waals surface area contributed by atoms with E-state index in [9.17, 15) is 15.3 Å². The minimum atomic E-state index is -1.41. The summed E-state index contributed by atoms with van der Waals surface area (Å²) >= 11 is 0. The molecule has 33 heavy (non-hydrogen) atoms. The van der Waals surface area contributed by atoms with Gasteiger partial charge in [0.05, 0.1) is 18.8 Å². The highest BCUT2D eigenvalue weighted by Gasteiger charge is 2.24. The highest BCUT2D eigenvalue weighted by molar-refractivity contribution is 5.39. The van der Waals surface area contributed by atoms with Gasteiger partial charge in [0.2, 0.25) is 0 Å². The quantitative estimate of drug-likeness (QED) is 0.237. The number of hydrogen-bond donors (Lipinski definition) is 3.